The van der Waals surface area contributed by atoms with Crippen LogP contribution in [-0.4, -0.2) is 29.8 Å². The molecular formula is C20H19N3O4S. The third-order valence-corrected chi connectivity index (χ3v) is 7.33. The van der Waals surface area contributed by atoms with E-state index in [0.29, 0.717) is 29.3 Å². The van der Waals surface area contributed by atoms with Gasteiger partial charge in [-0.3, -0.25) is 9.59 Å². The second-order valence-electron chi connectivity index (χ2n) is 6.88. The first-order valence-corrected chi connectivity index (χ1v) is 10.6. The first kappa shape index (κ1) is 18.4. The zero-order valence-electron chi connectivity index (χ0n) is 15.0. The number of benzene rings is 2. The van der Waals surface area contributed by atoms with Gasteiger partial charge in [0.1, 0.15) is 0 Å². The van der Waals surface area contributed by atoms with Gasteiger partial charge in [-0.1, -0.05) is 37.1 Å². The lowest BCUT2D eigenvalue weighted by atomic mass is 10.1. The second-order valence-corrected chi connectivity index (χ2v) is 9.11. The Labute approximate surface area is 161 Å². The van der Waals surface area contributed by atoms with Crippen LogP contribution in [0.4, 0.5) is 5.69 Å². The average molecular weight is 397 g/mol. The largest absolute Gasteiger partial charge is 0.321 e. The molecule has 0 atom stereocenters. The number of hydrogen-bond acceptors (Lipinski definition) is 5. The Morgan fingerprint density at radius 3 is 2.50 bits per heavy atom. The van der Waals surface area contributed by atoms with Crippen LogP contribution in [0.2, 0.25) is 0 Å². The van der Waals surface area contributed by atoms with Gasteiger partial charge in [0, 0.05) is 11.1 Å². The smallest absolute Gasteiger partial charge is 0.276 e. The molecule has 8 heteroatoms. The number of anilines is 1. The van der Waals surface area contributed by atoms with E-state index in [0.717, 1.165) is 12.8 Å². The summed E-state index contributed by atoms with van der Waals surface area (Å²) in [5, 5.41) is 9.31. The highest BCUT2D eigenvalue weighted by molar-refractivity contribution is 7.92. The Morgan fingerprint density at radius 1 is 1.04 bits per heavy atom. The van der Waals surface area contributed by atoms with Gasteiger partial charge in [-0.2, -0.15) is 5.10 Å². The van der Waals surface area contributed by atoms with E-state index in [9.17, 15) is 18.0 Å². The quantitative estimate of drug-likeness (QED) is 0.704. The van der Waals surface area contributed by atoms with E-state index in [2.05, 4.69) is 15.5 Å². The summed E-state index contributed by atoms with van der Waals surface area (Å²) in [6.07, 6.45) is 3.19. The molecule has 28 heavy (non-hydrogen) atoms. The van der Waals surface area contributed by atoms with Crippen molar-refractivity contribution in [2.75, 3.05) is 5.32 Å². The summed E-state index contributed by atoms with van der Waals surface area (Å²) in [6.45, 7) is 0. The highest BCUT2D eigenvalue weighted by Crippen LogP contribution is 2.30. The van der Waals surface area contributed by atoms with Crippen molar-refractivity contribution in [3.63, 3.8) is 0 Å². The van der Waals surface area contributed by atoms with Crippen molar-refractivity contribution in [3.8, 4) is 0 Å². The van der Waals surface area contributed by atoms with Crippen molar-refractivity contribution in [1.29, 1.82) is 0 Å². The van der Waals surface area contributed by atoms with Gasteiger partial charge >= 0.3 is 0 Å². The molecule has 1 fully saturated rings. The summed E-state index contributed by atoms with van der Waals surface area (Å²) < 4.78 is 25.6. The molecular weight excluding hydrogens is 378 g/mol. The van der Waals surface area contributed by atoms with Gasteiger partial charge in [-0.25, -0.2) is 13.5 Å². The molecule has 2 aromatic carbocycles. The Kier molecular flexibility index (Phi) is 4.72. The van der Waals surface area contributed by atoms with E-state index in [1.807, 2.05) is 0 Å². The van der Waals surface area contributed by atoms with Crippen LogP contribution in [0, 0.1) is 0 Å². The second kappa shape index (κ2) is 7.20. The van der Waals surface area contributed by atoms with E-state index in [-0.39, 0.29) is 21.4 Å². The molecule has 0 aliphatic heterocycles. The van der Waals surface area contributed by atoms with Gasteiger partial charge in [-0.05, 0) is 37.1 Å². The summed E-state index contributed by atoms with van der Waals surface area (Å²) in [6, 6.07) is 12.9. The summed E-state index contributed by atoms with van der Waals surface area (Å²) >= 11 is 0. The maximum Gasteiger partial charge on any atom is 0.276 e. The van der Waals surface area contributed by atoms with Crippen molar-refractivity contribution in [1.82, 2.24) is 10.2 Å². The third kappa shape index (κ3) is 3.31. The topological polar surface area (TPSA) is 109 Å². The van der Waals surface area contributed by atoms with E-state index < -0.39 is 15.7 Å². The SMILES string of the molecule is O=C(Nc1cccc(S(=O)(=O)C2CCCC2)c1)c1n[nH]c(=O)c2ccccc12. The number of nitrogens with one attached hydrogen (secondary N) is 2. The molecule has 2 N–H and O–H groups in total. The van der Waals surface area contributed by atoms with Crippen molar-refractivity contribution in [2.24, 2.45) is 0 Å². The fraction of sp³-hybridized carbons (Fsp3) is 0.250. The predicted molar refractivity (Wildman–Crippen MR) is 106 cm³/mol. The van der Waals surface area contributed by atoms with Crippen LogP contribution in [0.5, 0.6) is 0 Å². The lowest BCUT2D eigenvalue weighted by Gasteiger charge is -2.13. The van der Waals surface area contributed by atoms with E-state index in [1.165, 1.54) is 6.07 Å². The number of sulfone groups is 1. The molecule has 0 spiro atoms. The van der Waals surface area contributed by atoms with Crippen molar-refractivity contribution < 1.29 is 13.2 Å². The third-order valence-electron chi connectivity index (χ3n) is 5.07. The highest BCUT2D eigenvalue weighted by atomic mass is 32.2. The van der Waals surface area contributed by atoms with Crippen LogP contribution < -0.4 is 10.9 Å². The van der Waals surface area contributed by atoms with Crippen LogP contribution in [0.25, 0.3) is 10.8 Å². The first-order chi connectivity index (χ1) is 13.5. The molecule has 1 heterocycles. The molecule has 0 radical (unpaired) electrons. The fourth-order valence-electron chi connectivity index (χ4n) is 3.62. The molecule has 3 aromatic rings. The maximum atomic E-state index is 12.8. The van der Waals surface area contributed by atoms with Crippen LogP contribution in [0.3, 0.4) is 0 Å². The van der Waals surface area contributed by atoms with Crippen LogP contribution in [0.1, 0.15) is 36.2 Å². The Hall–Kier alpha value is -3.00. The molecule has 0 saturated heterocycles. The van der Waals surface area contributed by atoms with Crippen LogP contribution >= 0.6 is 0 Å². The molecule has 1 aliphatic carbocycles. The molecule has 0 unspecified atom stereocenters. The summed E-state index contributed by atoms with van der Waals surface area (Å²) in [4.78, 5) is 24.8. The summed E-state index contributed by atoms with van der Waals surface area (Å²) in [5.41, 5.74) is 0.0530. The van der Waals surface area contributed by atoms with Gasteiger partial charge in [0.15, 0.2) is 15.5 Å². The van der Waals surface area contributed by atoms with E-state index in [4.69, 9.17) is 0 Å². The number of carbonyl (C=O) groups excluding carboxylic acids is 1. The van der Waals surface area contributed by atoms with Crippen molar-refractivity contribution in [2.45, 2.75) is 35.8 Å². The minimum Gasteiger partial charge on any atom is -0.321 e. The Morgan fingerprint density at radius 2 is 1.75 bits per heavy atom. The summed E-state index contributed by atoms with van der Waals surface area (Å²) in [7, 11) is -3.42. The predicted octanol–water partition coefficient (Wildman–Crippen LogP) is 2.89. The van der Waals surface area contributed by atoms with E-state index in [1.54, 1.807) is 42.5 Å². The van der Waals surface area contributed by atoms with Gasteiger partial charge in [0.2, 0.25) is 0 Å². The van der Waals surface area contributed by atoms with E-state index >= 15 is 0 Å². The number of hydrogen-bond donors (Lipinski definition) is 2. The molecule has 0 bridgehead atoms. The first-order valence-electron chi connectivity index (χ1n) is 9.09. The maximum absolute atomic E-state index is 12.8. The Bertz CT molecular complexity index is 1210. The number of H-pyrrole nitrogens is 1. The lowest BCUT2D eigenvalue weighted by Crippen LogP contribution is -2.20. The number of amides is 1. The molecule has 1 aliphatic rings. The summed E-state index contributed by atoms with van der Waals surface area (Å²) in [5.74, 6) is -0.525. The normalized spacial score (nSPS) is 15.0. The van der Waals surface area contributed by atoms with Crippen molar-refractivity contribution >= 4 is 32.2 Å². The lowest BCUT2D eigenvalue weighted by molar-refractivity contribution is 0.102. The monoisotopic (exact) mass is 397 g/mol. The molecule has 4 rings (SSSR count). The molecule has 144 valence electrons. The fourth-order valence-corrected chi connectivity index (χ4v) is 5.52. The molecule has 1 amide bonds. The number of aromatic amines is 1. The minimum atomic E-state index is -3.42. The van der Waals surface area contributed by atoms with Crippen LogP contribution in [-0.2, 0) is 9.84 Å². The number of rotatable bonds is 4. The zero-order valence-corrected chi connectivity index (χ0v) is 15.8. The van der Waals surface area contributed by atoms with Gasteiger partial charge in [0.25, 0.3) is 11.5 Å². The zero-order chi connectivity index (χ0) is 19.7. The number of aromatic nitrogens is 2. The molecule has 7 nitrogen and oxygen atoms in total. The standard InChI is InChI=1S/C20H19N3O4S/c24-19-17-11-4-3-10-16(17)18(22-23-19)20(25)21-13-6-5-9-15(12-13)28(26,27)14-7-1-2-8-14/h3-6,9-12,14H,1-2,7-8H2,(H,21,25)(H,23,24). The Balaban J connectivity index is 1.65. The molecule has 1 aromatic heterocycles. The van der Waals surface area contributed by atoms with Gasteiger partial charge in [0.05, 0.1) is 15.5 Å². The minimum absolute atomic E-state index is 0.0688. The number of carbonyl (C=O) groups is 1. The van der Waals surface area contributed by atoms with Gasteiger partial charge < -0.3 is 5.32 Å². The van der Waals surface area contributed by atoms with Gasteiger partial charge in [-0.15, -0.1) is 0 Å². The highest BCUT2D eigenvalue weighted by Gasteiger charge is 2.30. The molecule has 1 saturated carbocycles. The van der Waals surface area contributed by atoms with Crippen molar-refractivity contribution in [3.05, 3.63) is 64.6 Å². The average Bonchev–Trinajstić information content (AvgIpc) is 3.24. The number of fused-ring (bicyclic) bond motifs is 1. The van der Waals surface area contributed by atoms with Crippen LogP contribution in [0.15, 0.2) is 58.2 Å². The number of nitrogens with zero attached hydrogens (tertiary/aromatic N) is 1.